The summed E-state index contributed by atoms with van der Waals surface area (Å²) in [7, 11) is 0. The van der Waals surface area contributed by atoms with Crippen LogP contribution in [0.2, 0.25) is 5.02 Å². The Balaban J connectivity index is 1.43. The maximum absolute atomic E-state index is 13.3. The maximum atomic E-state index is 13.3. The van der Waals surface area contributed by atoms with Crippen molar-refractivity contribution in [2.45, 2.75) is 6.42 Å². The fourth-order valence-electron chi connectivity index (χ4n) is 2.86. The standard InChI is InChI=1S/C22H17ClFNO2S/c23-16-4-8-18(9-5-16)26-12-1-13-27-20-10-11-25-22-21(20)19(14-28-22)15-2-6-17(24)7-3-15/h2-11,14H,1,12-13H2. The zero-order valence-corrected chi connectivity index (χ0v) is 16.5. The third-order valence-corrected chi connectivity index (χ3v) is 5.36. The first-order chi connectivity index (χ1) is 13.7. The van der Waals surface area contributed by atoms with Crippen LogP contribution in [0.4, 0.5) is 4.39 Å². The largest absolute Gasteiger partial charge is 0.493 e. The summed E-state index contributed by atoms with van der Waals surface area (Å²) in [6.07, 6.45) is 2.48. The van der Waals surface area contributed by atoms with Crippen molar-refractivity contribution in [1.82, 2.24) is 4.98 Å². The molecular weight excluding hydrogens is 397 g/mol. The molecule has 0 unspecified atom stereocenters. The molecule has 4 rings (SSSR count). The quantitative estimate of drug-likeness (QED) is 0.320. The first kappa shape index (κ1) is 18.7. The molecule has 4 aromatic rings. The topological polar surface area (TPSA) is 31.4 Å². The van der Waals surface area contributed by atoms with Gasteiger partial charge in [0.15, 0.2) is 0 Å². The van der Waals surface area contributed by atoms with Crippen molar-refractivity contribution in [1.29, 1.82) is 0 Å². The van der Waals surface area contributed by atoms with Crippen molar-refractivity contribution >= 4 is 33.2 Å². The number of aromatic nitrogens is 1. The molecule has 0 saturated carbocycles. The number of rotatable bonds is 7. The first-order valence-electron chi connectivity index (χ1n) is 8.84. The third-order valence-electron chi connectivity index (χ3n) is 4.22. The van der Waals surface area contributed by atoms with Gasteiger partial charge in [0.05, 0.1) is 18.6 Å². The number of halogens is 2. The number of fused-ring (bicyclic) bond motifs is 1. The van der Waals surface area contributed by atoms with Crippen LogP contribution in [0.3, 0.4) is 0 Å². The monoisotopic (exact) mass is 413 g/mol. The van der Waals surface area contributed by atoms with E-state index in [1.807, 2.05) is 23.6 Å². The molecule has 0 atom stereocenters. The van der Waals surface area contributed by atoms with Crippen LogP contribution in [0, 0.1) is 5.82 Å². The van der Waals surface area contributed by atoms with Crippen LogP contribution in [-0.4, -0.2) is 18.2 Å². The van der Waals surface area contributed by atoms with Crippen molar-refractivity contribution in [2.75, 3.05) is 13.2 Å². The van der Waals surface area contributed by atoms with Crippen LogP contribution in [0.15, 0.2) is 66.2 Å². The van der Waals surface area contributed by atoms with E-state index in [-0.39, 0.29) is 5.82 Å². The number of hydrogen-bond donors (Lipinski definition) is 0. The number of ether oxygens (including phenoxy) is 2. The molecule has 2 aromatic carbocycles. The molecule has 0 aliphatic rings. The molecule has 2 aromatic heterocycles. The molecule has 3 nitrogen and oxygen atoms in total. The second kappa shape index (κ2) is 8.59. The summed E-state index contributed by atoms with van der Waals surface area (Å²) in [5.41, 5.74) is 1.94. The summed E-state index contributed by atoms with van der Waals surface area (Å²) in [6, 6.07) is 15.6. The molecule has 142 valence electrons. The Labute approximate surface area is 171 Å². The molecule has 0 bridgehead atoms. The highest BCUT2D eigenvalue weighted by Crippen LogP contribution is 2.38. The maximum Gasteiger partial charge on any atom is 0.131 e. The van der Waals surface area contributed by atoms with E-state index in [2.05, 4.69) is 4.98 Å². The van der Waals surface area contributed by atoms with Crippen LogP contribution >= 0.6 is 22.9 Å². The summed E-state index contributed by atoms with van der Waals surface area (Å²) in [4.78, 5) is 5.32. The van der Waals surface area contributed by atoms with Gasteiger partial charge in [0.1, 0.15) is 22.1 Å². The lowest BCUT2D eigenvalue weighted by atomic mass is 10.1. The fourth-order valence-corrected chi connectivity index (χ4v) is 3.92. The number of thiophene rings is 1. The predicted octanol–water partition coefficient (Wildman–Crippen LogP) is 6.60. The molecule has 0 saturated heterocycles. The van der Waals surface area contributed by atoms with Gasteiger partial charge < -0.3 is 9.47 Å². The normalized spacial score (nSPS) is 10.9. The minimum Gasteiger partial charge on any atom is -0.493 e. The lowest BCUT2D eigenvalue weighted by Gasteiger charge is -2.10. The van der Waals surface area contributed by atoms with Gasteiger partial charge in [0, 0.05) is 28.6 Å². The fraction of sp³-hybridized carbons (Fsp3) is 0.136. The molecular formula is C22H17ClFNO2S. The summed E-state index contributed by atoms with van der Waals surface area (Å²) in [5.74, 6) is 1.31. The Kier molecular flexibility index (Phi) is 5.74. The molecule has 0 aliphatic carbocycles. The summed E-state index contributed by atoms with van der Waals surface area (Å²) in [5, 5.41) is 3.67. The third kappa shape index (κ3) is 4.26. The molecule has 0 fully saturated rings. The van der Waals surface area contributed by atoms with Gasteiger partial charge >= 0.3 is 0 Å². The number of benzene rings is 2. The van der Waals surface area contributed by atoms with Gasteiger partial charge in [0.25, 0.3) is 0 Å². The van der Waals surface area contributed by atoms with Gasteiger partial charge in [0.2, 0.25) is 0 Å². The van der Waals surface area contributed by atoms with E-state index in [9.17, 15) is 4.39 Å². The van der Waals surface area contributed by atoms with E-state index < -0.39 is 0 Å². The molecule has 2 heterocycles. The van der Waals surface area contributed by atoms with E-state index >= 15 is 0 Å². The van der Waals surface area contributed by atoms with Crippen molar-refractivity contribution in [3.05, 3.63) is 77.0 Å². The second-order valence-electron chi connectivity index (χ2n) is 6.15. The average Bonchev–Trinajstić information content (AvgIpc) is 3.15. The lowest BCUT2D eigenvalue weighted by Crippen LogP contribution is -2.05. The average molecular weight is 414 g/mol. The molecule has 0 N–H and O–H groups in total. The van der Waals surface area contributed by atoms with Gasteiger partial charge in [-0.25, -0.2) is 9.37 Å². The van der Waals surface area contributed by atoms with Gasteiger partial charge in [-0.2, -0.15) is 0 Å². The number of hydrogen-bond acceptors (Lipinski definition) is 4. The van der Waals surface area contributed by atoms with E-state index in [4.69, 9.17) is 21.1 Å². The molecule has 28 heavy (non-hydrogen) atoms. The van der Waals surface area contributed by atoms with Gasteiger partial charge in [-0.05, 0) is 48.0 Å². The Morgan fingerprint density at radius 2 is 1.68 bits per heavy atom. The van der Waals surface area contributed by atoms with Crippen LogP contribution in [0.1, 0.15) is 6.42 Å². The molecule has 0 radical (unpaired) electrons. The van der Waals surface area contributed by atoms with Gasteiger partial charge in [-0.1, -0.05) is 23.7 Å². The minimum absolute atomic E-state index is 0.251. The van der Waals surface area contributed by atoms with Crippen LogP contribution < -0.4 is 9.47 Å². The van der Waals surface area contributed by atoms with E-state index in [1.165, 1.54) is 12.1 Å². The van der Waals surface area contributed by atoms with Crippen LogP contribution in [-0.2, 0) is 0 Å². The van der Waals surface area contributed by atoms with Crippen LogP contribution in [0.5, 0.6) is 11.5 Å². The van der Waals surface area contributed by atoms with Crippen molar-refractivity contribution in [2.24, 2.45) is 0 Å². The van der Waals surface area contributed by atoms with Crippen molar-refractivity contribution in [3.8, 4) is 22.6 Å². The zero-order chi connectivity index (χ0) is 19.3. The van der Waals surface area contributed by atoms with E-state index in [0.717, 1.165) is 39.3 Å². The van der Waals surface area contributed by atoms with E-state index in [0.29, 0.717) is 18.2 Å². The number of pyridine rings is 1. The van der Waals surface area contributed by atoms with Crippen LogP contribution in [0.25, 0.3) is 21.3 Å². The summed E-state index contributed by atoms with van der Waals surface area (Å²) < 4.78 is 25.0. The Bertz CT molecular complexity index is 1060. The SMILES string of the molecule is Fc1ccc(-c2csc3nccc(OCCCOc4ccc(Cl)cc4)c23)cc1. The highest BCUT2D eigenvalue weighted by atomic mass is 35.5. The van der Waals surface area contributed by atoms with E-state index in [1.54, 1.807) is 41.8 Å². The second-order valence-corrected chi connectivity index (χ2v) is 7.44. The highest BCUT2D eigenvalue weighted by molar-refractivity contribution is 7.17. The lowest BCUT2D eigenvalue weighted by molar-refractivity contribution is 0.249. The summed E-state index contributed by atoms with van der Waals surface area (Å²) in [6.45, 7) is 1.07. The molecule has 0 spiro atoms. The summed E-state index contributed by atoms with van der Waals surface area (Å²) >= 11 is 7.42. The molecule has 6 heteroatoms. The Morgan fingerprint density at radius 1 is 0.929 bits per heavy atom. The molecule has 0 aliphatic heterocycles. The van der Waals surface area contributed by atoms with Crippen molar-refractivity contribution < 1.29 is 13.9 Å². The molecule has 0 amide bonds. The Morgan fingerprint density at radius 3 is 2.46 bits per heavy atom. The minimum atomic E-state index is -0.251. The van der Waals surface area contributed by atoms with Gasteiger partial charge in [-0.15, -0.1) is 11.3 Å². The highest BCUT2D eigenvalue weighted by Gasteiger charge is 2.13. The smallest absolute Gasteiger partial charge is 0.131 e. The van der Waals surface area contributed by atoms with Gasteiger partial charge in [-0.3, -0.25) is 0 Å². The Hall–Kier alpha value is -2.63. The predicted molar refractivity (Wildman–Crippen MR) is 112 cm³/mol. The number of nitrogens with zero attached hydrogens (tertiary/aromatic N) is 1. The first-order valence-corrected chi connectivity index (χ1v) is 10.1. The zero-order valence-electron chi connectivity index (χ0n) is 14.9. The van der Waals surface area contributed by atoms with Crippen molar-refractivity contribution in [3.63, 3.8) is 0 Å².